The van der Waals surface area contributed by atoms with Gasteiger partial charge in [0.15, 0.2) is 0 Å². The van der Waals surface area contributed by atoms with Gasteiger partial charge in [0.25, 0.3) is 0 Å². The molecule has 16 heavy (non-hydrogen) atoms. The van der Waals surface area contributed by atoms with Crippen LogP contribution in [0, 0.1) is 0 Å². The van der Waals surface area contributed by atoms with E-state index in [4.69, 9.17) is 0 Å². The van der Waals surface area contributed by atoms with E-state index in [0.29, 0.717) is 6.54 Å². The number of carbonyl (C=O) groups excluding carboxylic acids is 2. The Morgan fingerprint density at radius 2 is 2.19 bits per heavy atom. The van der Waals surface area contributed by atoms with Crippen molar-refractivity contribution in [1.82, 2.24) is 15.5 Å². The molecule has 5 heteroatoms. The van der Waals surface area contributed by atoms with Crippen molar-refractivity contribution in [2.24, 2.45) is 0 Å². The van der Waals surface area contributed by atoms with Crippen LogP contribution < -0.4 is 10.6 Å². The molecule has 1 saturated heterocycles. The summed E-state index contributed by atoms with van der Waals surface area (Å²) in [4.78, 5) is 24.7. The van der Waals surface area contributed by atoms with Gasteiger partial charge in [0.2, 0.25) is 11.8 Å². The zero-order chi connectivity index (χ0) is 12.0. The maximum atomic E-state index is 11.7. The minimum absolute atomic E-state index is 0.0494. The molecule has 1 aliphatic rings. The number of nitrogens with one attached hydrogen (secondary N) is 2. The Morgan fingerprint density at radius 3 is 2.75 bits per heavy atom. The first-order chi connectivity index (χ1) is 7.65. The fraction of sp³-hybridized carbons (Fsp3) is 0.818. The molecule has 2 N–H and O–H groups in total. The lowest BCUT2D eigenvalue weighted by atomic mass is 10.0. The van der Waals surface area contributed by atoms with E-state index in [1.807, 2.05) is 6.92 Å². The van der Waals surface area contributed by atoms with Crippen LogP contribution in [0.2, 0.25) is 0 Å². The number of piperidine rings is 1. The fourth-order valence-corrected chi connectivity index (χ4v) is 1.67. The highest BCUT2D eigenvalue weighted by atomic mass is 16.2. The van der Waals surface area contributed by atoms with Crippen molar-refractivity contribution < 1.29 is 9.59 Å². The summed E-state index contributed by atoms with van der Waals surface area (Å²) in [6.45, 7) is 3.56. The summed E-state index contributed by atoms with van der Waals surface area (Å²) < 4.78 is 0. The number of hydrogen-bond acceptors (Lipinski definition) is 3. The topological polar surface area (TPSA) is 61.4 Å². The summed E-state index contributed by atoms with van der Waals surface area (Å²) in [6, 6.07) is -0.117. The van der Waals surface area contributed by atoms with Gasteiger partial charge < -0.3 is 15.5 Å². The second-order valence-corrected chi connectivity index (χ2v) is 4.13. The van der Waals surface area contributed by atoms with Gasteiger partial charge in [-0.25, -0.2) is 0 Å². The average molecular weight is 227 g/mol. The Kier molecular flexibility index (Phi) is 5.25. The minimum Gasteiger partial charge on any atom is -0.346 e. The van der Waals surface area contributed by atoms with Gasteiger partial charge in [0.1, 0.15) is 0 Å². The number of rotatable bonds is 4. The largest absolute Gasteiger partial charge is 0.346 e. The second-order valence-electron chi connectivity index (χ2n) is 4.13. The molecule has 0 unspecified atom stereocenters. The number of likely N-dealkylation sites (N-methyl/N-ethyl adjacent to an activating group) is 1. The first kappa shape index (κ1) is 13.0. The Morgan fingerprint density at radius 1 is 1.44 bits per heavy atom. The molecule has 92 valence electrons. The van der Waals surface area contributed by atoms with E-state index < -0.39 is 0 Å². The highest BCUT2D eigenvalue weighted by molar-refractivity contribution is 5.87. The van der Waals surface area contributed by atoms with E-state index in [1.54, 1.807) is 11.9 Å². The monoisotopic (exact) mass is 227 g/mol. The molecule has 0 aromatic rings. The number of nitrogens with zero attached hydrogens (tertiary/aromatic N) is 1. The number of amides is 2. The molecule has 1 atom stereocenters. The smallest absolute Gasteiger partial charge is 0.241 e. The van der Waals surface area contributed by atoms with Crippen LogP contribution in [0.5, 0.6) is 0 Å². The van der Waals surface area contributed by atoms with Crippen molar-refractivity contribution in [2.45, 2.75) is 32.2 Å². The molecule has 0 radical (unpaired) electrons. The molecule has 1 aliphatic heterocycles. The first-order valence-electron chi connectivity index (χ1n) is 5.90. The van der Waals surface area contributed by atoms with Gasteiger partial charge in [-0.15, -0.1) is 0 Å². The maximum absolute atomic E-state index is 11.7. The third-order valence-electron chi connectivity index (χ3n) is 2.94. The molecule has 5 nitrogen and oxygen atoms in total. The lowest BCUT2D eigenvalue weighted by Crippen LogP contribution is -2.49. The molecule has 1 heterocycles. The van der Waals surface area contributed by atoms with Crippen LogP contribution in [0.25, 0.3) is 0 Å². The predicted molar refractivity (Wildman–Crippen MR) is 62.0 cm³/mol. The summed E-state index contributed by atoms with van der Waals surface area (Å²) in [5.41, 5.74) is 0. The molecule has 0 bridgehead atoms. The standard InChI is InChI=1S/C11H21N3O2/c1-3-14(2)10(15)8-13-11(16)9-6-4-5-7-12-9/h9,12H,3-8H2,1-2H3,(H,13,16)/t9-/m1/s1. The molecule has 0 spiro atoms. The van der Waals surface area contributed by atoms with Gasteiger partial charge in [0.05, 0.1) is 12.6 Å². The van der Waals surface area contributed by atoms with Crippen LogP contribution in [-0.4, -0.2) is 49.4 Å². The third kappa shape index (κ3) is 3.81. The van der Waals surface area contributed by atoms with E-state index in [-0.39, 0.29) is 24.4 Å². The van der Waals surface area contributed by atoms with Gasteiger partial charge in [-0.1, -0.05) is 6.42 Å². The van der Waals surface area contributed by atoms with Crippen LogP contribution in [0.4, 0.5) is 0 Å². The molecule has 0 saturated carbocycles. The SMILES string of the molecule is CCN(C)C(=O)CNC(=O)[C@H]1CCCCN1. The van der Waals surface area contributed by atoms with Crippen LogP contribution >= 0.6 is 0 Å². The van der Waals surface area contributed by atoms with Crippen LogP contribution in [0.1, 0.15) is 26.2 Å². The average Bonchev–Trinajstić information content (AvgIpc) is 2.35. The van der Waals surface area contributed by atoms with Crippen molar-refractivity contribution in [1.29, 1.82) is 0 Å². The van der Waals surface area contributed by atoms with Gasteiger partial charge in [-0.3, -0.25) is 9.59 Å². The lowest BCUT2D eigenvalue weighted by Gasteiger charge is -2.23. The van der Waals surface area contributed by atoms with E-state index >= 15 is 0 Å². The van der Waals surface area contributed by atoms with E-state index in [0.717, 1.165) is 25.8 Å². The molecular formula is C11H21N3O2. The molecule has 0 aromatic heterocycles. The lowest BCUT2D eigenvalue weighted by molar-refractivity contribution is -0.132. The van der Waals surface area contributed by atoms with Gasteiger partial charge >= 0.3 is 0 Å². The van der Waals surface area contributed by atoms with Gasteiger partial charge in [-0.05, 0) is 26.3 Å². The summed E-state index contributed by atoms with van der Waals surface area (Å²) in [6.07, 6.45) is 3.07. The summed E-state index contributed by atoms with van der Waals surface area (Å²) >= 11 is 0. The van der Waals surface area contributed by atoms with Gasteiger partial charge in [-0.2, -0.15) is 0 Å². The van der Waals surface area contributed by atoms with Crippen LogP contribution in [0.3, 0.4) is 0 Å². The van der Waals surface area contributed by atoms with Crippen LogP contribution in [0.15, 0.2) is 0 Å². The zero-order valence-corrected chi connectivity index (χ0v) is 10.1. The number of carbonyl (C=O) groups is 2. The predicted octanol–water partition coefficient (Wildman–Crippen LogP) is -0.277. The molecule has 1 rings (SSSR count). The quantitative estimate of drug-likeness (QED) is 0.694. The molecule has 0 aromatic carbocycles. The highest BCUT2D eigenvalue weighted by Crippen LogP contribution is 2.06. The molecular weight excluding hydrogens is 206 g/mol. The van der Waals surface area contributed by atoms with Crippen molar-refractivity contribution in [3.63, 3.8) is 0 Å². The van der Waals surface area contributed by atoms with E-state index in [1.165, 1.54) is 0 Å². The maximum Gasteiger partial charge on any atom is 0.241 e. The summed E-state index contributed by atoms with van der Waals surface area (Å²) in [5, 5.41) is 5.82. The minimum atomic E-state index is -0.117. The Balaban J connectivity index is 2.26. The molecule has 1 fully saturated rings. The van der Waals surface area contributed by atoms with Crippen molar-refractivity contribution >= 4 is 11.8 Å². The van der Waals surface area contributed by atoms with Gasteiger partial charge in [0, 0.05) is 13.6 Å². The Bertz CT molecular complexity index is 250. The van der Waals surface area contributed by atoms with E-state index in [9.17, 15) is 9.59 Å². The van der Waals surface area contributed by atoms with Crippen molar-refractivity contribution in [2.75, 3.05) is 26.7 Å². The molecule has 2 amide bonds. The molecule has 0 aliphatic carbocycles. The fourth-order valence-electron chi connectivity index (χ4n) is 1.67. The Hall–Kier alpha value is -1.10. The highest BCUT2D eigenvalue weighted by Gasteiger charge is 2.20. The van der Waals surface area contributed by atoms with Crippen LogP contribution in [-0.2, 0) is 9.59 Å². The zero-order valence-electron chi connectivity index (χ0n) is 10.1. The normalized spacial score (nSPS) is 20.2. The third-order valence-corrected chi connectivity index (χ3v) is 2.94. The van der Waals surface area contributed by atoms with Crippen molar-refractivity contribution in [3.8, 4) is 0 Å². The second kappa shape index (κ2) is 6.48. The van der Waals surface area contributed by atoms with Crippen molar-refractivity contribution in [3.05, 3.63) is 0 Å². The first-order valence-corrected chi connectivity index (χ1v) is 5.90. The van der Waals surface area contributed by atoms with E-state index in [2.05, 4.69) is 10.6 Å². The Labute approximate surface area is 96.6 Å². The summed E-state index contributed by atoms with van der Waals surface area (Å²) in [7, 11) is 1.73. The summed E-state index contributed by atoms with van der Waals surface area (Å²) in [5.74, 6) is -0.107. The number of hydrogen-bond donors (Lipinski definition) is 2.